The van der Waals surface area contributed by atoms with E-state index in [1.165, 1.54) is 22.1 Å². The van der Waals surface area contributed by atoms with Crippen LogP contribution in [0.2, 0.25) is 0 Å². The minimum absolute atomic E-state index is 0.220. The summed E-state index contributed by atoms with van der Waals surface area (Å²) in [6, 6.07) is 9.42. The highest BCUT2D eigenvalue weighted by atomic mass is 32.1. The number of nitrogens with zero attached hydrogens (tertiary/aromatic N) is 1. The largest absolute Gasteiger partial charge is 0.309 e. The van der Waals surface area contributed by atoms with E-state index in [1.807, 2.05) is 11.3 Å². The van der Waals surface area contributed by atoms with Gasteiger partial charge in [0.2, 0.25) is 0 Å². The van der Waals surface area contributed by atoms with Crippen LogP contribution >= 0.6 is 11.3 Å². The molecule has 20 heavy (non-hydrogen) atoms. The van der Waals surface area contributed by atoms with Gasteiger partial charge in [-0.1, -0.05) is 25.1 Å². The lowest BCUT2D eigenvalue weighted by molar-refractivity contribution is 0.0863. The van der Waals surface area contributed by atoms with E-state index in [2.05, 4.69) is 60.6 Å². The van der Waals surface area contributed by atoms with Crippen molar-refractivity contribution in [2.24, 2.45) is 0 Å². The number of fused-ring (bicyclic) bond motifs is 1. The Morgan fingerprint density at radius 2 is 2.15 bits per heavy atom. The number of benzene rings is 1. The van der Waals surface area contributed by atoms with E-state index in [0.717, 1.165) is 19.6 Å². The maximum atomic E-state index is 3.67. The first-order valence-electron chi connectivity index (χ1n) is 7.53. The van der Waals surface area contributed by atoms with Gasteiger partial charge in [-0.05, 0) is 42.7 Å². The molecule has 1 aromatic carbocycles. The smallest absolute Gasteiger partial charge is 0.0346 e. The molecule has 0 radical (unpaired) electrons. The van der Waals surface area contributed by atoms with E-state index in [9.17, 15) is 0 Å². The van der Waals surface area contributed by atoms with E-state index < -0.39 is 0 Å². The van der Waals surface area contributed by atoms with Crippen LogP contribution in [0.25, 0.3) is 10.1 Å². The zero-order valence-electron chi connectivity index (χ0n) is 12.6. The molecule has 2 aromatic rings. The van der Waals surface area contributed by atoms with Crippen molar-refractivity contribution in [3.05, 3.63) is 35.2 Å². The van der Waals surface area contributed by atoms with Crippen molar-refractivity contribution in [3.8, 4) is 0 Å². The summed E-state index contributed by atoms with van der Waals surface area (Å²) in [5.41, 5.74) is 1.71. The Morgan fingerprint density at radius 3 is 2.95 bits per heavy atom. The Balaban J connectivity index is 1.84. The summed E-state index contributed by atoms with van der Waals surface area (Å²) < 4.78 is 1.41. The molecule has 0 bridgehead atoms. The van der Waals surface area contributed by atoms with Crippen LogP contribution in [0.3, 0.4) is 0 Å². The summed E-state index contributed by atoms with van der Waals surface area (Å²) in [4.78, 5) is 2.66. The lowest BCUT2D eigenvalue weighted by atomic mass is 9.97. The van der Waals surface area contributed by atoms with Crippen molar-refractivity contribution >= 4 is 21.4 Å². The molecular formula is C17H24N2S. The highest BCUT2D eigenvalue weighted by Gasteiger charge is 2.31. The molecule has 0 aliphatic carbocycles. The fourth-order valence-corrected chi connectivity index (χ4v) is 4.13. The molecule has 3 heteroatoms. The van der Waals surface area contributed by atoms with Gasteiger partial charge in [-0.25, -0.2) is 0 Å². The summed E-state index contributed by atoms with van der Waals surface area (Å²) >= 11 is 1.87. The summed E-state index contributed by atoms with van der Waals surface area (Å²) in [5, 5.41) is 7.44. The van der Waals surface area contributed by atoms with Gasteiger partial charge in [0.1, 0.15) is 0 Å². The van der Waals surface area contributed by atoms with Crippen molar-refractivity contribution in [2.75, 3.05) is 13.1 Å². The normalized spacial score (nSPS) is 23.2. The Labute approximate surface area is 125 Å². The van der Waals surface area contributed by atoms with E-state index in [4.69, 9.17) is 0 Å². The van der Waals surface area contributed by atoms with Crippen LogP contribution in [0, 0.1) is 0 Å². The van der Waals surface area contributed by atoms with Gasteiger partial charge < -0.3 is 5.32 Å². The second-order valence-corrected chi connectivity index (χ2v) is 7.40. The number of piperazine rings is 1. The fourth-order valence-electron chi connectivity index (χ4n) is 3.18. The van der Waals surface area contributed by atoms with Crippen LogP contribution in [0.1, 0.15) is 32.8 Å². The topological polar surface area (TPSA) is 15.3 Å². The SMILES string of the molecule is CCC1CNC(C)(C)CN1Cc1csc2ccccc12. The molecule has 2 heterocycles. The van der Waals surface area contributed by atoms with Gasteiger partial charge in [0.15, 0.2) is 0 Å². The Morgan fingerprint density at radius 1 is 1.35 bits per heavy atom. The number of nitrogens with one attached hydrogen (secondary N) is 1. The van der Waals surface area contributed by atoms with E-state index in [-0.39, 0.29) is 5.54 Å². The molecule has 1 fully saturated rings. The zero-order valence-corrected chi connectivity index (χ0v) is 13.5. The van der Waals surface area contributed by atoms with Gasteiger partial charge in [-0.2, -0.15) is 0 Å². The van der Waals surface area contributed by atoms with Crippen molar-refractivity contribution in [1.29, 1.82) is 0 Å². The van der Waals surface area contributed by atoms with Crippen molar-refractivity contribution in [3.63, 3.8) is 0 Å². The highest BCUT2D eigenvalue weighted by Crippen LogP contribution is 2.28. The molecule has 3 rings (SSSR count). The molecule has 108 valence electrons. The van der Waals surface area contributed by atoms with Gasteiger partial charge in [0, 0.05) is 35.9 Å². The molecule has 1 aliphatic heterocycles. The monoisotopic (exact) mass is 288 g/mol. The molecule has 1 N–H and O–H groups in total. The van der Waals surface area contributed by atoms with Gasteiger partial charge in [-0.15, -0.1) is 11.3 Å². The number of hydrogen-bond donors (Lipinski definition) is 1. The molecule has 1 atom stereocenters. The average molecular weight is 288 g/mol. The molecule has 0 saturated carbocycles. The summed E-state index contributed by atoms with van der Waals surface area (Å²) in [6.45, 7) is 10.2. The minimum atomic E-state index is 0.220. The lowest BCUT2D eigenvalue weighted by Crippen LogP contribution is -2.60. The van der Waals surface area contributed by atoms with E-state index >= 15 is 0 Å². The molecule has 0 spiro atoms. The minimum Gasteiger partial charge on any atom is -0.309 e. The Bertz CT molecular complexity index is 587. The Hall–Kier alpha value is -0.900. The number of hydrogen-bond acceptors (Lipinski definition) is 3. The summed E-state index contributed by atoms with van der Waals surface area (Å²) in [5.74, 6) is 0. The third-order valence-corrected chi connectivity index (χ3v) is 5.35. The standard InChI is InChI=1S/C17H24N2S/c1-4-14-9-18-17(2,3)12-19(14)10-13-11-20-16-8-6-5-7-15(13)16/h5-8,11,14,18H,4,9-10,12H2,1-3H3. The molecule has 1 aromatic heterocycles. The van der Waals surface area contributed by atoms with Crippen LogP contribution in [-0.4, -0.2) is 29.6 Å². The van der Waals surface area contributed by atoms with Crippen LogP contribution in [-0.2, 0) is 6.54 Å². The third-order valence-electron chi connectivity index (χ3n) is 4.34. The van der Waals surface area contributed by atoms with Gasteiger partial charge >= 0.3 is 0 Å². The van der Waals surface area contributed by atoms with E-state index in [1.54, 1.807) is 0 Å². The predicted molar refractivity (Wildman–Crippen MR) is 88.4 cm³/mol. The lowest BCUT2D eigenvalue weighted by Gasteiger charge is -2.44. The first kappa shape index (κ1) is 14.1. The molecule has 1 aliphatic rings. The zero-order chi connectivity index (χ0) is 14.2. The summed E-state index contributed by atoms with van der Waals surface area (Å²) in [6.07, 6.45) is 1.21. The predicted octanol–water partition coefficient (Wildman–Crippen LogP) is 3.86. The molecule has 1 unspecified atom stereocenters. The second-order valence-electron chi connectivity index (χ2n) is 6.49. The molecule has 2 nitrogen and oxygen atoms in total. The molecule has 1 saturated heterocycles. The Kier molecular flexibility index (Phi) is 3.85. The summed E-state index contributed by atoms with van der Waals surface area (Å²) in [7, 11) is 0. The van der Waals surface area contributed by atoms with Crippen LogP contribution in [0.4, 0.5) is 0 Å². The van der Waals surface area contributed by atoms with Gasteiger partial charge in [0.25, 0.3) is 0 Å². The third kappa shape index (κ3) is 2.76. The average Bonchev–Trinajstić information content (AvgIpc) is 2.82. The quantitative estimate of drug-likeness (QED) is 0.922. The van der Waals surface area contributed by atoms with Crippen LogP contribution < -0.4 is 5.32 Å². The second kappa shape index (κ2) is 5.47. The first-order chi connectivity index (χ1) is 9.59. The maximum absolute atomic E-state index is 3.67. The molecule has 0 amide bonds. The first-order valence-corrected chi connectivity index (χ1v) is 8.41. The number of rotatable bonds is 3. The van der Waals surface area contributed by atoms with Crippen molar-refractivity contribution in [2.45, 2.75) is 45.3 Å². The fraction of sp³-hybridized carbons (Fsp3) is 0.529. The highest BCUT2D eigenvalue weighted by molar-refractivity contribution is 7.17. The van der Waals surface area contributed by atoms with E-state index in [0.29, 0.717) is 6.04 Å². The van der Waals surface area contributed by atoms with Crippen LogP contribution in [0.5, 0.6) is 0 Å². The van der Waals surface area contributed by atoms with Gasteiger partial charge in [-0.3, -0.25) is 4.90 Å². The van der Waals surface area contributed by atoms with Crippen LogP contribution in [0.15, 0.2) is 29.6 Å². The molecular weight excluding hydrogens is 264 g/mol. The number of thiophene rings is 1. The van der Waals surface area contributed by atoms with Crippen molar-refractivity contribution in [1.82, 2.24) is 10.2 Å². The van der Waals surface area contributed by atoms with Crippen molar-refractivity contribution < 1.29 is 0 Å². The van der Waals surface area contributed by atoms with Gasteiger partial charge in [0.05, 0.1) is 0 Å². The maximum Gasteiger partial charge on any atom is 0.0346 e.